The van der Waals surface area contributed by atoms with Crippen molar-refractivity contribution in [3.8, 4) is 5.88 Å². The molecule has 0 radical (unpaired) electrons. The number of fused-ring (bicyclic) bond motifs is 1. The van der Waals surface area contributed by atoms with Crippen LogP contribution in [0.25, 0.3) is 11.2 Å². The molecule has 2 heterocycles. The Bertz CT molecular complexity index is 1090. The Hall–Kier alpha value is -3.18. The van der Waals surface area contributed by atoms with E-state index in [1.54, 1.807) is 23.0 Å². The van der Waals surface area contributed by atoms with Crippen molar-refractivity contribution in [2.24, 2.45) is 4.74 Å². The molecule has 1 unspecified atom stereocenters. The maximum Gasteiger partial charge on any atom is 0.343 e. The molecule has 3 N–H and O–H groups in total. The minimum atomic E-state index is -2.55. The van der Waals surface area contributed by atoms with Crippen molar-refractivity contribution in [2.45, 2.75) is 25.6 Å². The molecule has 3 aromatic rings. The molecule has 0 aliphatic carbocycles. The van der Waals surface area contributed by atoms with Gasteiger partial charge in [0, 0.05) is 6.54 Å². The highest BCUT2D eigenvalue weighted by molar-refractivity contribution is 7.33. The summed E-state index contributed by atoms with van der Waals surface area (Å²) in [6, 6.07) is 7.91. The third kappa shape index (κ3) is 5.95. The molecule has 1 aromatic carbocycles. The van der Waals surface area contributed by atoms with E-state index in [0.29, 0.717) is 17.7 Å². The standard InChI is InChI=1S/C19H23N6O6P/c1-12(18(26)27)24-32(28)31-14(13-6-4-3-5-7-13)10-30-9-8-25-11-21-15-16(25)22-19(20)23-17(15)29-2/h3-7,11-12,14H,8-10H2,1-2H3,(H,26,27)(H2,20,22,23)/t12-,14+/m0/s1. The van der Waals surface area contributed by atoms with Crippen molar-refractivity contribution in [3.05, 3.63) is 42.2 Å². The number of carbonyl (C=O) groups is 1. The van der Waals surface area contributed by atoms with E-state index in [1.807, 2.05) is 18.2 Å². The van der Waals surface area contributed by atoms with Gasteiger partial charge in [0.2, 0.25) is 11.8 Å². The van der Waals surface area contributed by atoms with E-state index in [4.69, 9.17) is 24.8 Å². The highest BCUT2D eigenvalue weighted by Crippen LogP contribution is 2.30. The lowest BCUT2D eigenvalue weighted by molar-refractivity contribution is -0.181. The zero-order valence-corrected chi connectivity index (χ0v) is 18.4. The number of carboxylic acid groups (broad SMARTS) is 1. The second-order valence-corrected chi connectivity index (χ2v) is 7.57. The SMILES string of the molecule is COc1nc(N)nc2c1ncn2CCOC[C@@H](O[P+]([O-])=N[C@@H](C)C(=O)O)c1ccccc1. The van der Waals surface area contributed by atoms with Crippen LogP contribution in [-0.4, -0.2) is 57.0 Å². The number of anilines is 1. The molecule has 0 aliphatic heterocycles. The van der Waals surface area contributed by atoms with Crippen molar-refractivity contribution in [1.29, 1.82) is 0 Å². The van der Waals surface area contributed by atoms with E-state index >= 15 is 0 Å². The van der Waals surface area contributed by atoms with Crippen LogP contribution in [0.1, 0.15) is 18.6 Å². The van der Waals surface area contributed by atoms with Gasteiger partial charge in [-0.15, -0.1) is 0 Å². The molecular formula is C19H23N6O6P. The van der Waals surface area contributed by atoms with Gasteiger partial charge in [-0.05, 0) is 12.5 Å². The first kappa shape index (κ1) is 23.5. The van der Waals surface area contributed by atoms with E-state index in [2.05, 4.69) is 19.7 Å². The number of nitrogens with zero attached hydrogens (tertiary/aromatic N) is 5. The summed E-state index contributed by atoms with van der Waals surface area (Å²) in [5, 5.41) is 8.94. The average Bonchev–Trinajstić information content (AvgIpc) is 3.18. The predicted octanol–water partition coefficient (Wildman–Crippen LogP) is 1.52. The summed E-state index contributed by atoms with van der Waals surface area (Å²) >= 11 is 0. The molecule has 0 saturated carbocycles. The molecule has 170 valence electrons. The van der Waals surface area contributed by atoms with Crippen LogP contribution in [0.2, 0.25) is 0 Å². The molecule has 3 rings (SSSR count). The van der Waals surface area contributed by atoms with Crippen molar-refractivity contribution < 1.29 is 28.8 Å². The lowest BCUT2D eigenvalue weighted by Gasteiger charge is -2.14. The molecule has 0 amide bonds. The van der Waals surface area contributed by atoms with Crippen LogP contribution in [0.4, 0.5) is 5.95 Å². The van der Waals surface area contributed by atoms with Gasteiger partial charge in [-0.25, -0.2) is 9.78 Å². The van der Waals surface area contributed by atoms with Crippen LogP contribution in [0, 0.1) is 0 Å². The molecule has 0 fully saturated rings. The Morgan fingerprint density at radius 2 is 2.09 bits per heavy atom. The molecule has 12 nitrogen and oxygen atoms in total. The van der Waals surface area contributed by atoms with E-state index in [9.17, 15) is 9.69 Å². The fraction of sp³-hybridized carbons (Fsp3) is 0.368. The maximum atomic E-state index is 12.2. The van der Waals surface area contributed by atoms with Gasteiger partial charge < -0.3 is 29.8 Å². The zero-order chi connectivity index (χ0) is 23.1. The molecular weight excluding hydrogens is 439 g/mol. The van der Waals surface area contributed by atoms with Crippen LogP contribution in [0.3, 0.4) is 0 Å². The van der Waals surface area contributed by atoms with Crippen LogP contribution in [-0.2, 0) is 20.6 Å². The van der Waals surface area contributed by atoms with E-state index in [0.717, 1.165) is 5.56 Å². The van der Waals surface area contributed by atoms with Gasteiger partial charge in [0.25, 0.3) is 0 Å². The monoisotopic (exact) mass is 462 g/mol. The number of hydrogen-bond acceptors (Lipinski definition) is 10. The Balaban J connectivity index is 1.65. The number of nitrogens with two attached hydrogens (primary N) is 1. The molecule has 0 saturated heterocycles. The highest BCUT2D eigenvalue weighted by atomic mass is 31.1. The second kappa shape index (κ2) is 10.9. The molecule has 32 heavy (non-hydrogen) atoms. The summed E-state index contributed by atoms with van der Waals surface area (Å²) in [5.41, 5.74) is 7.45. The Morgan fingerprint density at radius 1 is 1.34 bits per heavy atom. The summed E-state index contributed by atoms with van der Waals surface area (Å²) in [6.07, 6.45) is 0.890. The number of carboxylic acids is 1. The first-order chi connectivity index (χ1) is 15.4. The largest absolute Gasteiger partial charge is 0.583 e. The van der Waals surface area contributed by atoms with Crippen LogP contribution >= 0.6 is 8.17 Å². The van der Waals surface area contributed by atoms with Crippen molar-refractivity contribution in [1.82, 2.24) is 19.5 Å². The molecule has 0 aliphatic rings. The maximum absolute atomic E-state index is 12.2. The quantitative estimate of drug-likeness (QED) is 0.314. The van der Waals surface area contributed by atoms with Crippen LogP contribution < -0.4 is 15.4 Å². The Morgan fingerprint density at radius 3 is 2.78 bits per heavy atom. The minimum absolute atomic E-state index is 0.0673. The first-order valence-corrected chi connectivity index (χ1v) is 10.7. The number of hydrogen-bond donors (Lipinski definition) is 2. The van der Waals surface area contributed by atoms with Gasteiger partial charge in [-0.3, -0.25) is 0 Å². The van der Waals surface area contributed by atoms with Crippen LogP contribution in [0.5, 0.6) is 5.88 Å². The summed E-state index contributed by atoms with van der Waals surface area (Å²) < 4.78 is 21.8. The summed E-state index contributed by atoms with van der Waals surface area (Å²) in [4.78, 5) is 35.6. The third-order valence-corrected chi connectivity index (χ3v) is 5.37. The summed E-state index contributed by atoms with van der Waals surface area (Å²) in [7, 11) is -1.08. The normalized spacial score (nSPS) is 13.8. The number of ether oxygens (including phenoxy) is 2. The number of rotatable bonds is 11. The van der Waals surface area contributed by atoms with Crippen molar-refractivity contribution in [3.63, 3.8) is 0 Å². The van der Waals surface area contributed by atoms with Gasteiger partial charge >= 0.3 is 14.1 Å². The van der Waals surface area contributed by atoms with E-state index in [-0.39, 0.29) is 25.0 Å². The summed E-state index contributed by atoms with van der Waals surface area (Å²) in [6.45, 7) is 2.08. The summed E-state index contributed by atoms with van der Waals surface area (Å²) in [5.74, 6) is -0.830. The molecule has 0 bridgehead atoms. The average molecular weight is 462 g/mol. The molecule has 13 heteroatoms. The smallest absolute Gasteiger partial charge is 0.343 e. The number of imidazole rings is 1. The van der Waals surface area contributed by atoms with E-state index < -0.39 is 26.3 Å². The van der Waals surface area contributed by atoms with E-state index in [1.165, 1.54) is 14.0 Å². The minimum Gasteiger partial charge on any atom is -0.583 e. The molecule has 3 atom stereocenters. The van der Waals surface area contributed by atoms with Gasteiger partial charge in [-0.1, -0.05) is 35.1 Å². The van der Waals surface area contributed by atoms with Gasteiger partial charge in [-0.2, -0.15) is 14.5 Å². The molecule has 0 spiro atoms. The Kier molecular flexibility index (Phi) is 8.01. The fourth-order valence-electron chi connectivity index (χ4n) is 2.78. The van der Waals surface area contributed by atoms with Gasteiger partial charge in [0.05, 0.1) is 26.7 Å². The molecule has 2 aromatic heterocycles. The fourth-order valence-corrected chi connectivity index (χ4v) is 3.61. The number of aromatic nitrogens is 4. The zero-order valence-electron chi connectivity index (χ0n) is 17.5. The number of benzene rings is 1. The lowest BCUT2D eigenvalue weighted by atomic mass is 10.1. The highest BCUT2D eigenvalue weighted by Gasteiger charge is 2.22. The Labute approximate surface area is 184 Å². The van der Waals surface area contributed by atoms with Gasteiger partial charge in [0.15, 0.2) is 23.3 Å². The van der Waals surface area contributed by atoms with Crippen molar-refractivity contribution >= 4 is 31.2 Å². The number of methoxy groups -OCH3 is 1. The van der Waals surface area contributed by atoms with Crippen molar-refractivity contribution in [2.75, 3.05) is 26.1 Å². The lowest BCUT2D eigenvalue weighted by Crippen LogP contribution is -2.16. The predicted molar refractivity (Wildman–Crippen MR) is 114 cm³/mol. The number of aliphatic carboxylic acids is 1. The third-order valence-electron chi connectivity index (χ3n) is 4.40. The van der Waals surface area contributed by atoms with Gasteiger partial charge in [0.1, 0.15) is 0 Å². The number of nitrogen functional groups attached to an aromatic ring is 1. The first-order valence-electron chi connectivity index (χ1n) is 9.61. The topological polar surface area (TPSA) is 170 Å². The van der Waals surface area contributed by atoms with Crippen LogP contribution in [0.15, 0.2) is 41.4 Å². The second-order valence-electron chi connectivity index (χ2n) is 6.65.